The van der Waals surface area contributed by atoms with Gasteiger partial charge >= 0.3 is 5.82 Å². The minimum Gasteiger partial charge on any atom is -0.358 e. The van der Waals surface area contributed by atoms with Crippen LogP contribution in [0.2, 0.25) is 0 Å². The van der Waals surface area contributed by atoms with Crippen LogP contribution < -0.4 is 0 Å². The highest BCUT2D eigenvalue weighted by molar-refractivity contribution is 5.37. The minimum absolute atomic E-state index is 0.479. The molecule has 0 atom stereocenters. The quantitative estimate of drug-likeness (QED) is 0.560. The summed E-state index contributed by atoms with van der Waals surface area (Å²) in [7, 11) is 0. The molecule has 15 heavy (non-hydrogen) atoms. The number of nitriles is 1. The third-order valence-electron chi connectivity index (χ3n) is 1.49. The van der Waals surface area contributed by atoms with E-state index in [1.54, 1.807) is 0 Å². The molecule has 0 aliphatic heterocycles. The van der Waals surface area contributed by atoms with E-state index in [1.807, 2.05) is 0 Å². The molecule has 1 heterocycles. The van der Waals surface area contributed by atoms with Crippen LogP contribution in [0.3, 0.4) is 0 Å². The summed E-state index contributed by atoms with van der Waals surface area (Å²) in [6, 6.07) is 1.81. The third-order valence-corrected chi connectivity index (χ3v) is 1.49. The van der Waals surface area contributed by atoms with Crippen LogP contribution in [0.1, 0.15) is 17.7 Å². The highest BCUT2D eigenvalue weighted by Crippen LogP contribution is 2.27. The summed E-state index contributed by atoms with van der Waals surface area (Å²) in [5, 5.41) is 18.6. The number of pyridine rings is 1. The van der Waals surface area contributed by atoms with E-state index in [0.717, 1.165) is 0 Å². The Morgan fingerprint density at radius 3 is 2.60 bits per heavy atom. The van der Waals surface area contributed by atoms with Gasteiger partial charge in [-0.25, -0.2) is 8.78 Å². The lowest BCUT2D eigenvalue weighted by Crippen LogP contribution is -2.03. The maximum Gasteiger partial charge on any atom is 0.401 e. The van der Waals surface area contributed by atoms with Crippen molar-refractivity contribution < 1.29 is 18.1 Å². The van der Waals surface area contributed by atoms with E-state index in [2.05, 4.69) is 4.98 Å². The second kappa shape index (κ2) is 3.91. The first kappa shape index (κ1) is 10.9. The molecule has 0 aliphatic carbocycles. The Morgan fingerprint density at radius 2 is 2.20 bits per heavy atom. The number of rotatable bonds is 2. The van der Waals surface area contributed by atoms with Crippen molar-refractivity contribution in [3.8, 4) is 6.07 Å². The van der Waals surface area contributed by atoms with Gasteiger partial charge in [0.05, 0.1) is 5.56 Å². The molecule has 1 aromatic rings. The lowest BCUT2D eigenvalue weighted by molar-refractivity contribution is -0.392. The third kappa shape index (κ3) is 2.01. The molecule has 0 aliphatic rings. The average molecular weight is 217 g/mol. The maximum atomic E-state index is 13.0. The summed E-state index contributed by atoms with van der Waals surface area (Å²) in [5.41, 5.74) is -1.83. The summed E-state index contributed by atoms with van der Waals surface area (Å²) >= 11 is 0. The average Bonchev–Trinajstić information content (AvgIpc) is 2.17. The van der Waals surface area contributed by atoms with Crippen molar-refractivity contribution in [2.45, 2.75) is 6.43 Å². The topological polar surface area (TPSA) is 79.8 Å². The van der Waals surface area contributed by atoms with Gasteiger partial charge in [0.2, 0.25) is 5.82 Å². The zero-order valence-electron chi connectivity index (χ0n) is 6.95. The van der Waals surface area contributed by atoms with E-state index in [1.165, 1.54) is 6.07 Å². The zero-order chi connectivity index (χ0) is 11.6. The predicted molar refractivity (Wildman–Crippen MR) is 40.5 cm³/mol. The number of hydrogen-bond donors (Lipinski definition) is 0. The fourth-order valence-corrected chi connectivity index (χ4v) is 0.872. The standard InChI is InChI=1S/C7H2F3N3O2/c8-5-4(6(9)10)1-3(2-11)12-7(5)13(14)15/h1,6H. The number of nitrogens with zero attached hydrogens (tertiary/aromatic N) is 3. The van der Waals surface area contributed by atoms with Crippen molar-refractivity contribution in [1.29, 1.82) is 5.26 Å². The van der Waals surface area contributed by atoms with Crippen LogP contribution in [-0.4, -0.2) is 9.91 Å². The molecular formula is C7H2F3N3O2. The molecule has 0 unspecified atom stereocenters. The Bertz CT molecular complexity index is 456. The first-order valence-electron chi connectivity index (χ1n) is 3.50. The van der Waals surface area contributed by atoms with Crippen molar-refractivity contribution >= 4 is 5.82 Å². The molecule has 0 fully saturated rings. The molecule has 0 saturated carbocycles. The number of halogens is 3. The van der Waals surface area contributed by atoms with Gasteiger partial charge in [-0.2, -0.15) is 9.65 Å². The first-order chi connectivity index (χ1) is 6.97. The molecular weight excluding hydrogens is 215 g/mol. The van der Waals surface area contributed by atoms with Crippen LogP contribution in [-0.2, 0) is 0 Å². The second-order valence-corrected chi connectivity index (χ2v) is 2.40. The SMILES string of the molecule is N#Cc1cc(C(F)F)c(F)c([N+](=O)[O-])n1. The normalized spacial score (nSPS) is 10.1. The van der Waals surface area contributed by atoms with Gasteiger partial charge in [0, 0.05) is 6.07 Å². The smallest absolute Gasteiger partial charge is 0.358 e. The molecule has 1 rings (SSSR count). The summed E-state index contributed by atoms with van der Waals surface area (Å²) in [4.78, 5) is 11.9. The number of aromatic nitrogens is 1. The summed E-state index contributed by atoms with van der Waals surface area (Å²) < 4.78 is 37.4. The van der Waals surface area contributed by atoms with Crippen molar-refractivity contribution in [3.05, 3.63) is 33.3 Å². The fraction of sp³-hybridized carbons (Fsp3) is 0.143. The number of alkyl halides is 2. The van der Waals surface area contributed by atoms with Crippen LogP contribution in [0.4, 0.5) is 19.0 Å². The summed E-state index contributed by atoms with van der Waals surface area (Å²) in [5.74, 6) is -3.08. The van der Waals surface area contributed by atoms with Gasteiger partial charge in [-0.3, -0.25) is 0 Å². The largest absolute Gasteiger partial charge is 0.401 e. The Balaban J connectivity index is 3.49. The van der Waals surface area contributed by atoms with Crippen molar-refractivity contribution in [3.63, 3.8) is 0 Å². The van der Waals surface area contributed by atoms with Gasteiger partial charge in [0.25, 0.3) is 12.1 Å². The van der Waals surface area contributed by atoms with E-state index in [9.17, 15) is 23.3 Å². The van der Waals surface area contributed by atoms with Crippen molar-refractivity contribution in [2.75, 3.05) is 0 Å². The van der Waals surface area contributed by atoms with Crippen LogP contribution in [0, 0.1) is 27.3 Å². The summed E-state index contributed by atoms with van der Waals surface area (Å²) in [6.07, 6.45) is -3.24. The van der Waals surface area contributed by atoms with Crippen LogP contribution in [0.5, 0.6) is 0 Å². The van der Waals surface area contributed by atoms with Gasteiger partial charge in [-0.1, -0.05) is 0 Å². The van der Waals surface area contributed by atoms with Crippen LogP contribution in [0.25, 0.3) is 0 Å². The van der Waals surface area contributed by atoms with E-state index in [-0.39, 0.29) is 0 Å². The fourth-order valence-electron chi connectivity index (χ4n) is 0.872. The van der Waals surface area contributed by atoms with E-state index >= 15 is 0 Å². The monoisotopic (exact) mass is 217 g/mol. The molecule has 0 radical (unpaired) electrons. The molecule has 0 aromatic carbocycles. The molecule has 0 amide bonds. The highest BCUT2D eigenvalue weighted by Gasteiger charge is 2.27. The van der Waals surface area contributed by atoms with E-state index < -0.39 is 34.2 Å². The molecule has 0 N–H and O–H groups in total. The molecule has 78 valence electrons. The van der Waals surface area contributed by atoms with Gasteiger partial charge in [0.1, 0.15) is 6.07 Å². The number of nitro groups is 1. The summed E-state index contributed by atoms with van der Waals surface area (Å²) in [6.45, 7) is 0. The molecule has 8 heteroatoms. The number of hydrogen-bond acceptors (Lipinski definition) is 4. The lowest BCUT2D eigenvalue weighted by atomic mass is 10.2. The minimum atomic E-state index is -3.24. The molecule has 0 spiro atoms. The van der Waals surface area contributed by atoms with Gasteiger partial charge < -0.3 is 10.1 Å². The predicted octanol–water partition coefficient (Wildman–Crippen LogP) is 1.94. The molecule has 5 nitrogen and oxygen atoms in total. The van der Waals surface area contributed by atoms with Gasteiger partial charge in [-0.05, 0) is 9.91 Å². The first-order valence-corrected chi connectivity index (χ1v) is 3.50. The Kier molecular flexibility index (Phi) is 2.85. The zero-order valence-corrected chi connectivity index (χ0v) is 6.95. The molecule has 0 bridgehead atoms. The van der Waals surface area contributed by atoms with Gasteiger partial charge in [-0.15, -0.1) is 0 Å². The maximum absolute atomic E-state index is 13.0. The molecule has 1 aromatic heterocycles. The van der Waals surface area contributed by atoms with E-state index in [0.29, 0.717) is 6.07 Å². The van der Waals surface area contributed by atoms with Crippen LogP contribution in [0.15, 0.2) is 6.07 Å². The van der Waals surface area contributed by atoms with E-state index in [4.69, 9.17) is 5.26 Å². The van der Waals surface area contributed by atoms with Crippen molar-refractivity contribution in [2.24, 2.45) is 0 Å². The second-order valence-electron chi connectivity index (χ2n) is 2.40. The Hall–Kier alpha value is -2.17. The molecule has 0 saturated heterocycles. The highest BCUT2D eigenvalue weighted by atomic mass is 19.3. The Labute approximate surface area is 80.9 Å². The van der Waals surface area contributed by atoms with Crippen LogP contribution >= 0.6 is 0 Å². The lowest BCUT2D eigenvalue weighted by Gasteiger charge is -2.01. The Morgan fingerprint density at radius 1 is 1.60 bits per heavy atom. The van der Waals surface area contributed by atoms with Gasteiger partial charge in [0.15, 0.2) is 0 Å². The van der Waals surface area contributed by atoms with Crippen molar-refractivity contribution in [1.82, 2.24) is 4.98 Å².